The van der Waals surface area contributed by atoms with Gasteiger partial charge in [0.2, 0.25) is 5.91 Å². The number of piperazine rings is 1. The first-order valence-corrected chi connectivity index (χ1v) is 12.4. The molecule has 2 unspecified atom stereocenters. The summed E-state index contributed by atoms with van der Waals surface area (Å²) >= 11 is 7.82. The van der Waals surface area contributed by atoms with Gasteiger partial charge in [0, 0.05) is 36.9 Å². The largest absolute Gasteiger partial charge is 0.335 e. The average Bonchev–Trinajstić information content (AvgIpc) is 3.41. The van der Waals surface area contributed by atoms with Gasteiger partial charge in [-0.15, -0.1) is 11.3 Å². The Labute approximate surface area is 207 Å². The lowest BCUT2D eigenvalue weighted by molar-refractivity contribution is -0.123. The molecular formula is C26H23ClN4O2S. The van der Waals surface area contributed by atoms with Crippen LogP contribution in [-0.4, -0.2) is 47.8 Å². The zero-order valence-corrected chi connectivity index (χ0v) is 20.0. The van der Waals surface area contributed by atoms with Crippen molar-refractivity contribution in [3.05, 3.63) is 87.1 Å². The Morgan fingerprint density at radius 3 is 2.50 bits per heavy atom. The normalized spacial score (nSPS) is 20.6. The molecule has 8 heteroatoms. The smallest absolute Gasteiger partial charge is 0.264 e. The van der Waals surface area contributed by atoms with Crippen molar-refractivity contribution in [1.29, 1.82) is 5.26 Å². The number of fused-ring (bicyclic) bond motifs is 1. The Morgan fingerprint density at radius 2 is 1.82 bits per heavy atom. The van der Waals surface area contributed by atoms with Crippen molar-refractivity contribution in [2.75, 3.05) is 31.1 Å². The maximum Gasteiger partial charge on any atom is 0.264 e. The number of carbonyl (C=O) groups excluding carboxylic acids is 2. The fourth-order valence-corrected chi connectivity index (χ4v) is 5.70. The van der Waals surface area contributed by atoms with Crippen LogP contribution in [0.1, 0.15) is 26.8 Å². The quantitative estimate of drug-likeness (QED) is 0.536. The van der Waals surface area contributed by atoms with Gasteiger partial charge in [-0.2, -0.15) is 5.26 Å². The Hall–Kier alpha value is -3.18. The van der Waals surface area contributed by atoms with E-state index in [0.717, 1.165) is 21.7 Å². The number of nitriles is 1. The number of benzene rings is 2. The fraction of sp³-hybridized carbons (Fsp3) is 0.269. The van der Waals surface area contributed by atoms with Crippen LogP contribution in [0.5, 0.6) is 0 Å². The zero-order chi connectivity index (χ0) is 23.7. The van der Waals surface area contributed by atoms with Crippen molar-refractivity contribution in [2.24, 2.45) is 5.92 Å². The van der Waals surface area contributed by atoms with E-state index in [1.54, 1.807) is 11.0 Å². The van der Waals surface area contributed by atoms with Gasteiger partial charge in [0.15, 0.2) is 0 Å². The number of carbonyl (C=O) groups is 2. The molecule has 2 aliphatic heterocycles. The summed E-state index contributed by atoms with van der Waals surface area (Å²) in [4.78, 5) is 32.8. The summed E-state index contributed by atoms with van der Waals surface area (Å²) in [5.41, 5.74) is 2.66. The molecule has 0 radical (unpaired) electrons. The first kappa shape index (κ1) is 22.6. The van der Waals surface area contributed by atoms with Crippen molar-refractivity contribution < 1.29 is 9.59 Å². The van der Waals surface area contributed by atoms with E-state index in [2.05, 4.69) is 11.0 Å². The maximum atomic E-state index is 13.6. The van der Waals surface area contributed by atoms with Crippen molar-refractivity contribution >= 4 is 40.4 Å². The van der Waals surface area contributed by atoms with Crippen LogP contribution >= 0.6 is 22.9 Å². The molecule has 0 N–H and O–H groups in total. The lowest BCUT2D eigenvalue weighted by Crippen LogP contribution is -2.54. The third-order valence-electron chi connectivity index (χ3n) is 6.50. The highest BCUT2D eigenvalue weighted by molar-refractivity contribution is 7.12. The van der Waals surface area contributed by atoms with Gasteiger partial charge in [-0.05, 0) is 40.8 Å². The maximum absolute atomic E-state index is 13.6. The van der Waals surface area contributed by atoms with E-state index < -0.39 is 12.0 Å². The van der Waals surface area contributed by atoms with Crippen molar-refractivity contribution in [1.82, 2.24) is 9.80 Å². The van der Waals surface area contributed by atoms with Crippen LogP contribution in [-0.2, 0) is 11.3 Å². The van der Waals surface area contributed by atoms with Crippen molar-refractivity contribution in [2.45, 2.75) is 12.6 Å². The van der Waals surface area contributed by atoms with Gasteiger partial charge in [0.25, 0.3) is 5.91 Å². The zero-order valence-electron chi connectivity index (χ0n) is 18.4. The van der Waals surface area contributed by atoms with Gasteiger partial charge in [-0.3, -0.25) is 14.5 Å². The molecule has 0 aliphatic carbocycles. The molecule has 1 saturated heterocycles. The molecule has 0 spiro atoms. The van der Waals surface area contributed by atoms with E-state index in [1.165, 1.54) is 11.3 Å². The molecule has 172 valence electrons. The molecule has 34 heavy (non-hydrogen) atoms. The molecular weight excluding hydrogens is 468 g/mol. The number of hydrogen-bond donors (Lipinski definition) is 0. The molecule has 1 fully saturated rings. The van der Waals surface area contributed by atoms with Crippen LogP contribution < -0.4 is 4.90 Å². The molecule has 3 aromatic rings. The molecule has 3 heterocycles. The Balaban J connectivity index is 1.43. The highest BCUT2D eigenvalue weighted by atomic mass is 35.5. The topological polar surface area (TPSA) is 67.7 Å². The van der Waals surface area contributed by atoms with Gasteiger partial charge in [0.05, 0.1) is 23.5 Å². The minimum atomic E-state index is -0.853. The first-order chi connectivity index (χ1) is 16.6. The van der Waals surface area contributed by atoms with E-state index in [0.29, 0.717) is 37.7 Å². The number of halogens is 1. The van der Waals surface area contributed by atoms with Gasteiger partial charge >= 0.3 is 0 Å². The lowest BCUT2D eigenvalue weighted by atomic mass is 9.85. The van der Waals surface area contributed by atoms with Crippen LogP contribution in [0.25, 0.3) is 0 Å². The third-order valence-corrected chi connectivity index (χ3v) is 7.59. The van der Waals surface area contributed by atoms with Gasteiger partial charge in [0.1, 0.15) is 5.92 Å². The molecule has 2 aromatic carbocycles. The van der Waals surface area contributed by atoms with Crippen molar-refractivity contribution in [3.8, 4) is 6.07 Å². The lowest BCUT2D eigenvalue weighted by Gasteiger charge is -2.45. The number of hydrogen-bond acceptors (Lipinski definition) is 5. The van der Waals surface area contributed by atoms with E-state index in [-0.39, 0.29) is 11.8 Å². The molecule has 0 bridgehead atoms. The molecule has 0 saturated carbocycles. The number of nitrogens with zero attached hydrogens (tertiary/aromatic N) is 4. The van der Waals surface area contributed by atoms with Crippen LogP contribution in [0.2, 0.25) is 5.02 Å². The fourth-order valence-electron chi connectivity index (χ4n) is 4.83. The van der Waals surface area contributed by atoms with E-state index in [9.17, 15) is 14.9 Å². The van der Waals surface area contributed by atoms with Crippen LogP contribution in [0.3, 0.4) is 0 Å². The molecule has 1 aromatic heterocycles. The minimum Gasteiger partial charge on any atom is -0.335 e. The van der Waals surface area contributed by atoms with Crippen molar-refractivity contribution in [3.63, 3.8) is 0 Å². The third kappa shape index (κ3) is 4.21. The summed E-state index contributed by atoms with van der Waals surface area (Å²) in [7, 11) is 0. The summed E-state index contributed by atoms with van der Waals surface area (Å²) in [6.07, 6.45) is 0. The first-order valence-electron chi connectivity index (χ1n) is 11.2. The van der Waals surface area contributed by atoms with E-state index in [4.69, 9.17) is 11.6 Å². The summed E-state index contributed by atoms with van der Waals surface area (Å²) in [5.74, 6) is -1.03. The summed E-state index contributed by atoms with van der Waals surface area (Å²) in [5, 5.41) is 12.6. The summed E-state index contributed by atoms with van der Waals surface area (Å²) in [6.45, 7) is 2.64. The molecule has 6 nitrogen and oxygen atoms in total. The average molecular weight is 491 g/mol. The number of anilines is 1. The Kier molecular flexibility index (Phi) is 6.38. The molecule has 2 amide bonds. The van der Waals surface area contributed by atoms with Crippen LogP contribution in [0.4, 0.5) is 5.69 Å². The van der Waals surface area contributed by atoms with Crippen LogP contribution in [0, 0.1) is 17.2 Å². The highest BCUT2D eigenvalue weighted by Crippen LogP contribution is 2.43. The van der Waals surface area contributed by atoms with E-state index in [1.807, 2.05) is 64.9 Å². The summed E-state index contributed by atoms with van der Waals surface area (Å²) in [6, 6.07) is 20.9. The van der Waals surface area contributed by atoms with Crippen LogP contribution in [0.15, 0.2) is 66.0 Å². The monoisotopic (exact) mass is 490 g/mol. The second kappa shape index (κ2) is 9.59. The second-order valence-electron chi connectivity index (χ2n) is 8.47. The van der Waals surface area contributed by atoms with E-state index >= 15 is 0 Å². The Morgan fingerprint density at radius 1 is 1.06 bits per heavy atom. The molecule has 5 rings (SSSR count). The summed E-state index contributed by atoms with van der Waals surface area (Å²) < 4.78 is 0. The SMILES string of the molecule is N#CC1C(=O)N(Cc2ccccc2)c2ccc(Cl)cc2C1N1CCN(C(=O)c2cccs2)CC1. The number of amides is 2. The molecule has 2 atom stereocenters. The standard InChI is InChI=1S/C26H23ClN4O2S/c27-19-8-9-22-20(15-19)24(21(16-28)25(32)31(22)17-18-5-2-1-3-6-18)29-10-12-30(13-11-29)26(33)23-7-4-14-34-23/h1-9,14-15,21,24H,10-13,17H2. The molecule has 2 aliphatic rings. The number of thiophene rings is 1. The predicted octanol–water partition coefficient (Wildman–Crippen LogP) is 4.59. The predicted molar refractivity (Wildman–Crippen MR) is 133 cm³/mol. The Bertz CT molecular complexity index is 1230. The van der Waals surface area contributed by atoms with Gasteiger partial charge in [-0.1, -0.05) is 48.0 Å². The highest BCUT2D eigenvalue weighted by Gasteiger charge is 2.44. The minimum absolute atomic E-state index is 0.0312. The van der Waals surface area contributed by atoms with Gasteiger partial charge < -0.3 is 9.80 Å². The van der Waals surface area contributed by atoms with Gasteiger partial charge in [-0.25, -0.2) is 0 Å². The second-order valence-corrected chi connectivity index (χ2v) is 9.85. The number of rotatable bonds is 4.